The van der Waals surface area contributed by atoms with Gasteiger partial charge in [0.05, 0.1) is 0 Å². The second-order valence-electron chi connectivity index (χ2n) is 8.54. The summed E-state index contributed by atoms with van der Waals surface area (Å²) in [6, 6.07) is 18.5. The number of guanidine groups is 1. The van der Waals surface area contributed by atoms with Gasteiger partial charge in [-0.25, -0.2) is 0 Å². The number of hydrogen-bond donors (Lipinski definition) is 3. The minimum absolute atomic E-state index is 0.0407. The van der Waals surface area contributed by atoms with E-state index in [0.717, 1.165) is 24.6 Å². The summed E-state index contributed by atoms with van der Waals surface area (Å²) in [5, 5.41) is 9.86. The average molecular weight is 422 g/mol. The topological polar surface area (TPSA) is 68.8 Å². The second-order valence-corrected chi connectivity index (χ2v) is 8.54. The van der Waals surface area contributed by atoms with Crippen LogP contribution in [-0.2, 0) is 12.0 Å². The monoisotopic (exact) mass is 421 g/mol. The van der Waals surface area contributed by atoms with Crippen LogP contribution in [0.1, 0.15) is 40.7 Å². The van der Waals surface area contributed by atoms with Crippen LogP contribution in [0.5, 0.6) is 0 Å². The zero-order chi connectivity index (χ0) is 22.1. The lowest BCUT2D eigenvalue weighted by atomic mass is 9.64. The van der Waals surface area contributed by atoms with Gasteiger partial charge < -0.3 is 20.9 Å². The Hall–Kier alpha value is -2.86. The summed E-state index contributed by atoms with van der Waals surface area (Å²) in [6.07, 6.45) is 3.67. The van der Waals surface area contributed by atoms with E-state index in [9.17, 15) is 4.79 Å². The Kier molecular flexibility index (Phi) is 8.06. The van der Waals surface area contributed by atoms with Gasteiger partial charge in [0, 0.05) is 44.2 Å². The second kappa shape index (κ2) is 11.0. The van der Waals surface area contributed by atoms with Crippen molar-refractivity contribution in [3.63, 3.8) is 0 Å². The van der Waals surface area contributed by atoms with Gasteiger partial charge in [0.25, 0.3) is 5.91 Å². The molecule has 2 aromatic rings. The first kappa shape index (κ1) is 22.8. The fourth-order valence-corrected chi connectivity index (χ4v) is 3.94. The van der Waals surface area contributed by atoms with Crippen LogP contribution in [0.2, 0.25) is 0 Å². The molecule has 6 heteroatoms. The SMILES string of the molecule is CN=C(NCc1cccc(C(=O)NCCN(C)C)c1)NCC1(c2ccccc2)CCC1. The van der Waals surface area contributed by atoms with Gasteiger partial charge in [-0.05, 0) is 50.2 Å². The Morgan fingerprint density at radius 1 is 1.03 bits per heavy atom. The lowest BCUT2D eigenvalue weighted by Gasteiger charge is -2.43. The first-order valence-electron chi connectivity index (χ1n) is 11.0. The minimum Gasteiger partial charge on any atom is -0.356 e. The van der Waals surface area contributed by atoms with Gasteiger partial charge in [0.2, 0.25) is 0 Å². The molecular weight excluding hydrogens is 386 g/mol. The molecule has 3 N–H and O–H groups in total. The standard InChI is InChI=1S/C25H35N5O/c1-26-24(29-19-25(13-8-14-25)22-11-5-4-6-12-22)28-18-20-9-7-10-21(17-20)23(31)27-15-16-30(2)3/h4-7,9-12,17H,8,13-16,18-19H2,1-3H3,(H,27,31)(H2,26,28,29). The third-order valence-corrected chi connectivity index (χ3v) is 6.01. The Balaban J connectivity index is 1.52. The quantitative estimate of drug-likeness (QED) is 0.430. The average Bonchev–Trinajstić information content (AvgIpc) is 2.75. The van der Waals surface area contributed by atoms with Crippen molar-refractivity contribution < 1.29 is 4.79 Å². The third kappa shape index (κ3) is 6.31. The minimum atomic E-state index is -0.0407. The summed E-state index contributed by atoms with van der Waals surface area (Å²) >= 11 is 0. The van der Waals surface area contributed by atoms with Crippen molar-refractivity contribution in [2.24, 2.45) is 4.99 Å². The third-order valence-electron chi connectivity index (χ3n) is 6.01. The van der Waals surface area contributed by atoms with E-state index in [0.29, 0.717) is 18.7 Å². The van der Waals surface area contributed by atoms with E-state index in [2.05, 4.69) is 51.3 Å². The number of aliphatic imine (C=N–C) groups is 1. The Morgan fingerprint density at radius 3 is 2.45 bits per heavy atom. The summed E-state index contributed by atoms with van der Waals surface area (Å²) in [4.78, 5) is 18.8. The molecule has 0 radical (unpaired) electrons. The van der Waals surface area contributed by atoms with E-state index in [-0.39, 0.29) is 11.3 Å². The predicted molar refractivity (Wildman–Crippen MR) is 128 cm³/mol. The highest BCUT2D eigenvalue weighted by Crippen LogP contribution is 2.43. The van der Waals surface area contributed by atoms with Gasteiger partial charge in [-0.1, -0.05) is 48.9 Å². The molecule has 1 amide bonds. The molecule has 31 heavy (non-hydrogen) atoms. The van der Waals surface area contributed by atoms with E-state index in [1.807, 2.05) is 43.3 Å². The van der Waals surface area contributed by atoms with Crippen LogP contribution in [-0.4, -0.2) is 57.5 Å². The lowest BCUT2D eigenvalue weighted by Crippen LogP contribution is -2.48. The normalized spacial score (nSPS) is 15.3. The van der Waals surface area contributed by atoms with E-state index in [1.54, 1.807) is 7.05 Å². The zero-order valence-corrected chi connectivity index (χ0v) is 18.9. The molecule has 0 bridgehead atoms. The number of benzene rings is 2. The fourth-order valence-electron chi connectivity index (χ4n) is 3.94. The molecule has 1 aliphatic carbocycles. The lowest BCUT2D eigenvalue weighted by molar-refractivity contribution is 0.0951. The van der Waals surface area contributed by atoms with Crippen molar-refractivity contribution in [1.29, 1.82) is 0 Å². The van der Waals surface area contributed by atoms with Crippen LogP contribution >= 0.6 is 0 Å². The molecular formula is C25H35N5O. The molecule has 6 nitrogen and oxygen atoms in total. The van der Waals surface area contributed by atoms with Crippen molar-refractivity contribution in [2.75, 3.05) is 40.8 Å². The highest BCUT2D eigenvalue weighted by molar-refractivity contribution is 5.94. The predicted octanol–water partition coefficient (Wildman–Crippen LogP) is 2.76. The molecule has 0 unspecified atom stereocenters. The summed E-state index contributed by atoms with van der Waals surface area (Å²) in [7, 11) is 5.78. The van der Waals surface area contributed by atoms with E-state index < -0.39 is 0 Å². The van der Waals surface area contributed by atoms with Gasteiger partial charge in [-0.3, -0.25) is 9.79 Å². The Labute approximate surface area is 186 Å². The molecule has 1 aliphatic rings. The largest absolute Gasteiger partial charge is 0.356 e. The van der Waals surface area contributed by atoms with Crippen LogP contribution < -0.4 is 16.0 Å². The van der Waals surface area contributed by atoms with Crippen molar-refractivity contribution in [1.82, 2.24) is 20.9 Å². The Morgan fingerprint density at radius 2 is 1.81 bits per heavy atom. The fraction of sp³-hybridized carbons (Fsp3) is 0.440. The Bertz CT molecular complexity index is 874. The first-order valence-corrected chi connectivity index (χ1v) is 11.0. The van der Waals surface area contributed by atoms with Gasteiger partial charge in [0.1, 0.15) is 0 Å². The molecule has 2 aromatic carbocycles. The molecule has 3 rings (SSSR count). The van der Waals surface area contributed by atoms with Crippen LogP contribution in [0.15, 0.2) is 59.6 Å². The maximum atomic E-state index is 12.4. The molecule has 0 atom stereocenters. The zero-order valence-electron chi connectivity index (χ0n) is 18.9. The number of rotatable bonds is 9. The van der Waals surface area contributed by atoms with Crippen LogP contribution in [0.4, 0.5) is 0 Å². The maximum absolute atomic E-state index is 12.4. The number of carbonyl (C=O) groups excluding carboxylic acids is 1. The molecule has 1 fully saturated rings. The molecule has 0 heterocycles. The van der Waals surface area contributed by atoms with E-state index in [4.69, 9.17) is 0 Å². The van der Waals surface area contributed by atoms with Gasteiger partial charge in [0.15, 0.2) is 5.96 Å². The molecule has 1 saturated carbocycles. The van der Waals surface area contributed by atoms with Gasteiger partial charge in [-0.2, -0.15) is 0 Å². The van der Waals surface area contributed by atoms with Crippen molar-refractivity contribution in [3.8, 4) is 0 Å². The van der Waals surface area contributed by atoms with E-state index >= 15 is 0 Å². The molecule has 0 spiro atoms. The van der Waals surface area contributed by atoms with Crippen molar-refractivity contribution >= 4 is 11.9 Å². The highest BCUT2D eigenvalue weighted by Gasteiger charge is 2.38. The van der Waals surface area contributed by atoms with Crippen molar-refractivity contribution in [2.45, 2.75) is 31.2 Å². The number of carbonyl (C=O) groups is 1. The van der Waals surface area contributed by atoms with E-state index in [1.165, 1.54) is 24.8 Å². The molecule has 166 valence electrons. The summed E-state index contributed by atoms with van der Waals surface area (Å²) in [5.74, 6) is 0.740. The van der Waals surface area contributed by atoms with Crippen LogP contribution in [0, 0.1) is 0 Å². The number of hydrogen-bond acceptors (Lipinski definition) is 3. The van der Waals surface area contributed by atoms with Crippen molar-refractivity contribution in [3.05, 3.63) is 71.3 Å². The number of likely N-dealkylation sites (N-methyl/N-ethyl adjacent to an activating group) is 1. The number of nitrogens with zero attached hydrogens (tertiary/aromatic N) is 2. The maximum Gasteiger partial charge on any atom is 0.251 e. The smallest absolute Gasteiger partial charge is 0.251 e. The van der Waals surface area contributed by atoms with Crippen LogP contribution in [0.3, 0.4) is 0 Å². The molecule has 0 saturated heterocycles. The molecule has 0 aromatic heterocycles. The number of amides is 1. The first-order chi connectivity index (χ1) is 15.0. The summed E-state index contributed by atoms with van der Waals surface area (Å²) < 4.78 is 0. The summed E-state index contributed by atoms with van der Waals surface area (Å²) in [5.41, 5.74) is 3.32. The highest BCUT2D eigenvalue weighted by atomic mass is 16.1. The molecule has 0 aliphatic heterocycles. The van der Waals surface area contributed by atoms with Crippen LogP contribution in [0.25, 0.3) is 0 Å². The van der Waals surface area contributed by atoms with Gasteiger partial charge >= 0.3 is 0 Å². The summed E-state index contributed by atoms with van der Waals surface area (Å²) in [6.45, 7) is 2.93. The number of nitrogens with one attached hydrogen (secondary N) is 3. The van der Waals surface area contributed by atoms with Gasteiger partial charge in [-0.15, -0.1) is 0 Å².